The number of aromatic hydroxyl groups is 1. The standard InChI is InChI=1S/C9H8FNO4/c1-2-8(12)5-3-6(10)9(13)7(4-5)11(14)15/h3-4,13H,2H2,1H3. The summed E-state index contributed by atoms with van der Waals surface area (Å²) in [5.41, 5.74) is -0.911. The highest BCUT2D eigenvalue weighted by molar-refractivity contribution is 5.96. The van der Waals surface area contributed by atoms with Gasteiger partial charge in [0, 0.05) is 18.1 Å². The molecule has 0 amide bonds. The molecule has 1 aromatic carbocycles. The summed E-state index contributed by atoms with van der Waals surface area (Å²) in [4.78, 5) is 20.6. The van der Waals surface area contributed by atoms with E-state index in [4.69, 9.17) is 5.11 Å². The zero-order valence-electron chi connectivity index (χ0n) is 7.86. The van der Waals surface area contributed by atoms with Crippen LogP contribution in [0.2, 0.25) is 0 Å². The monoisotopic (exact) mass is 213 g/mol. The Bertz CT molecular complexity index is 430. The zero-order valence-corrected chi connectivity index (χ0v) is 7.86. The number of Topliss-reactive ketones (excluding diaryl/α,β-unsaturated/α-hetero) is 1. The van der Waals surface area contributed by atoms with Crippen LogP contribution in [0.25, 0.3) is 0 Å². The van der Waals surface area contributed by atoms with E-state index in [1.54, 1.807) is 6.92 Å². The normalized spacial score (nSPS) is 10.0. The quantitative estimate of drug-likeness (QED) is 0.473. The molecule has 80 valence electrons. The minimum Gasteiger partial charge on any atom is -0.500 e. The summed E-state index contributed by atoms with van der Waals surface area (Å²) in [5.74, 6) is -2.63. The van der Waals surface area contributed by atoms with E-state index in [1.165, 1.54) is 0 Å². The molecule has 0 aliphatic heterocycles. The molecule has 6 heteroatoms. The summed E-state index contributed by atoms with van der Waals surface area (Å²) in [6.07, 6.45) is 0.112. The number of phenolic OH excluding ortho intramolecular Hbond substituents is 1. The number of ketones is 1. The lowest BCUT2D eigenvalue weighted by molar-refractivity contribution is -0.386. The molecule has 15 heavy (non-hydrogen) atoms. The Morgan fingerprint density at radius 1 is 1.60 bits per heavy atom. The van der Waals surface area contributed by atoms with Crippen molar-refractivity contribution in [1.82, 2.24) is 0 Å². The minimum atomic E-state index is -1.17. The number of carbonyl (C=O) groups is 1. The number of nitro groups is 1. The highest BCUT2D eigenvalue weighted by Crippen LogP contribution is 2.30. The third-order valence-corrected chi connectivity index (χ3v) is 1.88. The van der Waals surface area contributed by atoms with Gasteiger partial charge in [-0.25, -0.2) is 4.39 Å². The van der Waals surface area contributed by atoms with Crippen molar-refractivity contribution in [2.45, 2.75) is 13.3 Å². The highest BCUT2D eigenvalue weighted by atomic mass is 19.1. The molecule has 0 heterocycles. The lowest BCUT2D eigenvalue weighted by Crippen LogP contribution is -2.00. The number of hydrogen-bond donors (Lipinski definition) is 1. The molecule has 0 bridgehead atoms. The Labute approximate surface area is 84.3 Å². The number of benzene rings is 1. The summed E-state index contributed by atoms with van der Waals surface area (Å²) in [7, 11) is 0. The maximum Gasteiger partial charge on any atom is 0.314 e. The van der Waals surface area contributed by atoms with E-state index in [1.807, 2.05) is 0 Å². The van der Waals surface area contributed by atoms with Crippen LogP contribution < -0.4 is 0 Å². The summed E-state index contributed by atoms with van der Waals surface area (Å²) < 4.78 is 13.0. The second-order valence-corrected chi connectivity index (χ2v) is 2.86. The fraction of sp³-hybridized carbons (Fsp3) is 0.222. The summed E-state index contributed by atoms with van der Waals surface area (Å²) in [6, 6.07) is 1.65. The Balaban J connectivity index is 3.35. The van der Waals surface area contributed by atoms with Gasteiger partial charge in [0.05, 0.1) is 4.92 Å². The molecule has 0 aliphatic carbocycles. The number of carbonyl (C=O) groups excluding carboxylic acids is 1. The fourth-order valence-electron chi connectivity index (χ4n) is 1.09. The molecule has 0 fully saturated rings. The first-order valence-corrected chi connectivity index (χ1v) is 4.17. The first-order chi connectivity index (χ1) is 6.97. The van der Waals surface area contributed by atoms with Gasteiger partial charge in [-0.2, -0.15) is 0 Å². The van der Waals surface area contributed by atoms with Gasteiger partial charge in [-0.05, 0) is 6.07 Å². The van der Waals surface area contributed by atoms with Crippen molar-refractivity contribution < 1.29 is 19.2 Å². The van der Waals surface area contributed by atoms with Crippen molar-refractivity contribution >= 4 is 11.5 Å². The van der Waals surface area contributed by atoms with Gasteiger partial charge in [0.25, 0.3) is 0 Å². The summed E-state index contributed by atoms with van der Waals surface area (Å²) in [6.45, 7) is 1.55. The second-order valence-electron chi connectivity index (χ2n) is 2.86. The zero-order chi connectivity index (χ0) is 11.6. The van der Waals surface area contributed by atoms with Crippen molar-refractivity contribution in [3.05, 3.63) is 33.6 Å². The molecule has 1 rings (SSSR count). The first-order valence-electron chi connectivity index (χ1n) is 4.17. The third kappa shape index (κ3) is 2.09. The topological polar surface area (TPSA) is 80.4 Å². The van der Waals surface area contributed by atoms with Gasteiger partial charge >= 0.3 is 5.69 Å². The molecular weight excluding hydrogens is 205 g/mol. The number of nitro benzene ring substituents is 1. The van der Waals surface area contributed by atoms with Crippen molar-refractivity contribution in [3.63, 3.8) is 0 Å². The van der Waals surface area contributed by atoms with Gasteiger partial charge in [-0.1, -0.05) is 6.92 Å². The van der Waals surface area contributed by atoms with Crippen LogP contribution in [0.4, 0.5) is 10.1 Å². The SMILES string of the molecule is CCC(=O)c1cc(F)c(O)c([N+](=O)[O-])c1. The molecule has 0 radical (unpaired) electrons. The van der Waals surface area contributed by atoms with Gasteiger partial charge < -0.3 is 5.11 Å². The van der Waals surface area contributed by atoms with Gasteiger partial charge in [0.15, 0.2) is 11.6 Å². The van der Waals surface area contributed by atoms with Crippen LogP contribution in [0.3, 0.4) is 0 Å². The number of halogens is 1. The molecule has 0 aromatic heterocycles. The lowest BCUT2D eigenvalue weighted by Gasteiger charge is -2.01. The molecule has 0 unspecified atom stereocenters. The lowest BCUT2D eigenvalue weighted by atomic mass is 10.1. The summed E-state index contributed by atoms with van der Waals surface area (Å²) in [5, 5.41) is 19.4. The van der Waals surface area contributed by atoms with Crippen molar-refractivity contribution in [2.75, 3.05) is 0 Å². The van der Waals surface area contributed by atoms with Gasteiger partial charge in [-0.15, -0.1) is 0 Å². The molecular formula is C9H8FNO4. The predicted octanol–water partition coefficient (Wildman–Crippen LogP) is 2.03. The first kappa shape index (κ1) is 11.1. The maximum absolute atomic E-state index is 13.0. The number of hydrogen-bond acceptors (Lipinski definition) is 4. The Morgan fingerprint density at radius 3 is 2.67 bits per heavy atom. The third-order valence-electron chi connectivity index (χ3n) is 1.88. The van der Waals surface area contributed by atoms with Gasteiger partial charge in [-0.3, -0.25) is 14.9 Å². The van der Waals surface area contributed by atoms with Crippen molar-refractivity contribution in [1.29, 1.82) is 0 Å². The van der Waals surface area contributed by atoms with E-state index in [2.05, 4.69) is 0 Å². The molecule has 0 aliphatic rings. The highest BCUT2D eigenvalue weighted by Gasteiger charge is 2.21. The van der Waals surface area contributed by atoms with Crippen LogP contribution in [-0.2, 0) is 0 Å². The Kier molecular flexibility index (Phi) is 2.99. The van der Waals surface area contributed by atoms with Crippen molar-refractivity contribution in [2.24, 2.45) is 0 Å². The Morgan fingerprint density at radius 2 is 2.20 bits per heavy atom. The molecule has 5 nitrogen and oxygen atoms in total. The largest absolute Gasteiger partial charge is 0.500 e. The van der Waals surface area contributed by atoms with Crippen LogP contribution in [0.5, 0.6) is 5.75 Å². The van der Waals surface area contributed by atoms with E-state index < -0.39 is 28.0 Å². The van der Waals surface area contributed by atoms with E-state index in [-0.39, 0.29) is 12.0 Å². The van der Waals surface area contributed by atoms with Crippen LogP contribution in [0.1, 0.15) is 23.7 Å². The van der Waals surface area contributed by atoms with Crippen LogP contribution in [0, 0.1) is 15.9 Å². The molecule has 0 atom stereocenters. The Hall–Kier alpha value is -1.98. The molecule has 0 spiro atoms. The number of rotatable bonds is 3. The molecule has 0 saturated carbocycles. The second kappa shape index (κ2) is 4.04. The van der Waals surface area contributed by atoms with Gasteiger partial charge in [0.1, 0.15) is 0 Å². The van der Waals surface area contributed by atoms with E-state index >= 15 is 0 Å². The van der Waals surface area contributed by atoms with Crippen LogP contribution in [-0.4, -0.2) is 15.8 Å². The number of nitrogens with zero attached hydrogens (tertiary/aromatic N) is 1. The molecule has 0 saturated heterocycles. The fourth-order valence-corrected chi connectivity index (χ4v) is 1.09. The van der Waals surface area contributed by atoms with E-state index in [0.717, 1.165) is 12.1 Å². The van der Waals surface area contributed by atoms with Crippen LogP contribution >= 0.6 is 0 Å². The smallest absolute Gasteiger partial charge is 0.314 e. The minimum absolute atomic E-state index is 0.112. The van der Waals surface area contributed by atoms with Crippen molar-refractivity contribution in [3.8, 4) is 5.75 Å². The maximum atomic E-state index is 13.0. The molecule has 1 aromatic rings. The predicted molar refractivity (Wildman–Crippen MR) is 49.3 cm³/mol. The van der Waals surface area contributed by atoms with E-state index in [9.17, 15) is 19.3 Å². The number of phenols is 1. The van der Waals surface area contributed by atoms with Gasteiger partial charge in [0.2, 0.25) is 5.75 Å². The van der Waals surface area contributed by atoms with E-state index in [0.29, 0.717) is 0 Å². The summed E-state index contributed by atoms with van der Waals surface area (Å²) >= 11 is 0. The molecule has 1 N–H and O–H groups in total. The average Bonchev–Trinajstić information content (AvgIpc) is 2.20. The average molecular weight is 213 g/mol. The van der Waals surface area contributed by atoms with Crippen LogP contribution in [0.15, 0.2) is 12.1 Å².